The summed E-state index contributed by atoms with van der Waals surface area (Å²) >= 11 is 0. The Hall–Kier alpha value is -4.25. The van der Waals surface area contributed by atoms with Crippen molar-refractivity contribution in [2.24, 2.45) is 33.7 Å². The molecule has 0 aliphatic carbocycles. The molecule has 4 unspecified atom stereocenters. The molecule has 1 heterocycles. The summed E-state index contributed by atoms with van der Waals surface area (Å²) < 4.78 is 0. The van der Waals surface area contributed by atoms with E-state index in [0.717, 1.165) is 0 Å². The molecule has 15 N–H and O–H groups in total. The molecule has 0 fully saturated rings. The van der Waals surface area contributed by atoms with Crippen LogP contribution in [0.1, 0.15) is 44.2 Å². The molecule has 0 aromatic carbocycles. The van der Waals surface area contributed by atoms with Gasteiger partial charge in [0.15, 0.2) is 5.96 Å². The topological polar surface area (TPSA) is 313 Å². The number of guanidine groups is 1. The van der Waals surface area contributed by atoms with E-state index in [2.05, 4.69) is 30.9 Å². The van der Waals surface area contributed by atoms with Gasteiger partial charge in [-0.1, -0.05) is 0 Å². The summed E-state index contributed by atoms with van der Waals surface area (Å²) in [5, 5.41) is 16.7. The smallest absolute Gasteiger partial charge is 0.326 e. The van der Waals surface area contributed by atoms with Gasteiger partial charge in [-0.15, -0.1) is 0 Å². The number of carbonyl (C=O) groups is 5. The van der Waals surface area contributed by atoms with E-state index >= 15 is 0 Å². The quantitative estimate of drug-likeness (QED) is 0.0445. The molecule has 4 amide bonds. The first kappa shape index (κ1) is 32.8. The Bertz CT molecular complexity index is 981. The average Bonchev–Trinajstić information content (AvgIpc) is 3.37. The summed E-state index contributed by atoms with van der Waals surface area (Å²) in [5.74, 6) is -4.73. The summed E-state index contributed by atoms with van der Waals surface area (Å²) in [7, 11) is 0. The number of nitrogens with two attached hydrogens (primary N) is 5. The summed E-state index contributed by atoms with van der Waals surface area (Å²) in [6.07, 6.45) is 3.79. The van der Waals surface area contributed by atoms with Crippen molar-refractivity contribution in [2.75, 3.05) is 13.1 Å². The Balaban J connectivity index is 2.99. The molecule has 1 aromatic heterocycles. The van der Waals surface area contributed by atoms with Gasteiger partial charge in [0, 0.05) is 24.9 Å². The van der Waals surface area contributed by atoms with E-state index in [0.29, 0.717) is 25.1 Å². The highest BCUT2D eigenvalue weighted by atomic mass is 16.4. The number of aliphatic imine (C=N–C) groups is 1. The van der Waals surface area contributed by atoms with Gasteiger partial charge in [-0.05, 0) is 38.6 Å². The largest absolute Gasteiger partial charge is 0.480 e. The monoisotopic (exact) mass is 553 g/mol. The first-order chi connectivity index (χ1) is 18.4. The van der Waals surface area contributed by atoms with Crippen LogP contribution >= 0.6 is 0 Å². The maximum absolute atomic E-state index is 13.1. The number of unbranched alkanes of at least 4 members (excludes halogenated alkanes) is 1. The number of primary amides is 1. The summed E-state index contributed by atoms with van der Waals surface area (Å²) in [4.78, 5) is 72.4. The maximum Gasteiger partial charge on any atom is 0.326 e. The van der Waals surface area contributed by atoms with Crippen LogP contribution in [0.15, 0.2) is 17.5 Å². The molecule has 1 rings (SSSR count). The number of imidazole rings is 1. The number of nitrogens with zero attached hydrogens (tertiary/aromatic N) is 2. The third kappa shape index (κ3) is 13.2. The SMILES string of the molecule is NCCCCC(NC(=O)C(CCCN=C(N)N)NC(=O)C(CC(N)=O)NC(=O)C(N)Cc1cnc[nH]1)C(=O)O. The molecular formula is C22H39N11O6. The van der Waals surface area contributed by atoms with Gasteiger partial charge in [0.2, 0.25) is 23.6 Å². The van der Waals surface area contributed by atoms with Gasteiger partial charge in [-0.3, -0.25) is 24.2 Å². The van der Waals surface area contributed by atoms with Crippen molar-refractivity contribution in [1.29, 1.82) is 0 Å². The lowest BCUT2D eigenvalue weighted by molar-refractivity contribution is -0.142. The second kappa shape index (κ2) is 17.3. The highest BCUT2D eigenvalue weighted by Crippen LogP contribution is 2.06. The number of aromatic amines is 1. The van der Waals surface area contributed by atoms with Gasteiger partial charge in [0.1, 0.15) is 18.1 Å². The van der Waals surface area contributed by atoms with Crippen LogP contribution in [0.5, 0.6) is 0 Å². The fraction of sp³-hybridized carbons (Fsp3) is 0.591. The molecule has 0 radical (unpaired) electrons. The predicted octanol–water partition coefficient (Wildman–Crippen LogP) is -4.12. The lowest BCUT2D eigenvalue weighted by Crippen LogP contribution is -2.58. The van der Waals surface area contributed by atoms with Gasteiger partial charge < -0.3 is 54.7 Å². The minimum Gasteiger partial charge on any atom is -0.480 e. The molecule has 0 aliphatic heterocycles. The van der Waals surface area contributed by atoms with Crippen molar-refractivity contribution in [2.45, 2.75) is 69.1 Å². The van der Waals surface area contributed by atoms with E-state index in [-0.39, 0.29) is 38.2 Å². The van der Waals surface area contributed by atoms with Crippen LogP contribution in [0, 0.1) is 0 Å². The predicted molar refractivity (Wildman–Crippen MR) is 140 cm³/mol. The van der Waals surface area contributed by atoms with Crippen molar-refractivity contribution in [1.82, 2.24) is 25.9 Å². The lowest BCUT2D eigenvalue weighted by Gasteiger charge is -2.25. The average molecular weight is 554 g/mol. The fourth-order valence-electron chi connectivity index (χ4n) is 3.48. The van der Waals surface area contributed by atoms with Gasteiger partial charge >= 0.3 is 5.97 Å². The molecule has 0 saturated heterocycles. The Morgan fingerprint density at radius 2 is 1.54 bits per heavy atom. The Morgan fingerprint density at radius 1 is 0.923 bits per heavy atom. The first-order valence-corrected chi connectivity index (χ1v) is 12.3. The summed E-state index contributed by atoms with van der Waals surface area (Å²) in [5.41, 5.74) is 27.8. The standard InChI is InChI=1S/C22H39N11O6/c23-6-2-1-4-15(21(38)39)32-19(36)14(5-3-7-29-22(26)27)31-20(37)16(9-17(25)34)33-18(35)13(24)8-12-10-28-11-30-12/h10-11,13-16H,1-9,23-24H2,(H2,25,34)(H,28,30)(H,31,37)(H,32,36)(H,33,35)(H,38,39)(H4,26,27,29). The van der Waals surface area contributed by atoms with Crippen molar-refractivity contribution in [3.63, 3.8) is 0 Å². The lowest BCUT2D eigenvalue weighted by atomic mass is 10.1. The third-order valence-electron chi connectivity index (χ3n) is 5.51. The van der Waals surface area contributed by atoms with Crippen LogP contribution in [-0.2, 0) is 30.4 Å². The molecule has 0 saturated carbocycles. The van der Waals surface area contributed by atoms with Crippen molar-refractivity contribution >= 4 is 35.6 Å². The molecule has 218 valence electrons. The Morgan fingerprint density at radius 3 is 2.10 bits per heavy atom. The number of aliphatic carboxylic acids is 1. The van der Waals surface area contributed by atoms with E-state index in [1.165, 1.54) is 12.5 Å². The molecule has 17 nitrogen and oxygen atoms in total. The molecular weight excluding hydrogens is 514 g/mol. The van der Waals surface area contributed by atoms with Crippen LogP contribution < -0.4 is 44.6 Å². The number of carboxylic acids is 1. The number of amides is 4. The zero-order chi connectivity index (χ0) is 29.4. The zero-order valence-electron chi connectivity index (χ0n) is 21.6. The molecule has 17 heteroatoms. The second-order valence-electron chi connectivity index (χ2n) is 8.81. The van der Waals surface area contributed by atoms with Crippen LogP contribution in [0.2, 0.25) is 0 Å². The fourth-order valence-corrected chi connectivity index (χ4v) is 3.48. The molecule has 0 spiro atoms. The zero-order valence-corrected chi connectivity index (χ0v) is 21.6. The van der Waals surface area contributed by atoms with Crippen LogP contribution in [0.3, 0.4) is 0 Å². The molecule has 39 heavy (non-hydrogen) atoms. The highest BCUT2D eigenvalue weighted by Gasteiger charge is 2.31. The normalized spacial score (nSPS) is 13.8. The van der Waals surface area contributed by atoms with E-state index in [9.17, 15) is 29.1 Å². The molecule has 4 atom stereocenters. The van der Waals surface area contributed by atoms with E-state index < -0.39 is 60.2 Å². The third-order valence-corrected chi connectivity index (χ3v) is 5.51. The van der Waals surface area contributed by atoms with E-state index in [4.69, 9.17) is 28.7 Å². The van der Waals surface area contributed by atoms with Gasteiger partial charge in [0.05, 0.1) is 18.8 Å². The minimum atomic E-state index is -1.45. The van der Waals surface area contributed by atoms with E-state index in [1.807, 2.05) is 0 Å². The summed E-state index contributed by atoms with van der Waals surface area (Å²) in [6.45, 7) is 0.493. The van der Waals surface area contributed by atoms with Crippen LogP contribution in [0.4, 0.5) is 0 Å². The second-order valence-corrected chi connectivity index (χ2v) is 8.81. The van der Waals surface area contributed by atoms with Crippen molar-refractivity contribution in [3.05, 3.63) is 18.2 Å². The molecule has 0 bridgehead atoms. The number of hydrogen-bond acceptors (Lipinski definition) is 9. The van der Waals surface area contributed by atoms with E-state index in [1.54, 1.807) is 0 Å². The number of nitrogens with one attached hydrogen (secondary N) is 4. The van der Waals surface area contributed by atoms with Gasteiger partial charge in [-0.25, -0.2) is 9.78 Å². The van der Waals surface area contributed by atoms with Gasteiger partial charge in [0.25, 0.3) is 0 Å². The number of H-pyrrole nitrogens is 1. The number of aromatic nitrogens is 2. The number of carbonyl (C=O) groups excluding carboxylic acids is 4. The Labute approximate surface area is 225 Å². The number of rotatable bonds is 19. The van der Waals surface area contributed by atoms with Crippen LogP contribution in [-0.4, -0.2) is 87.9 Å². The Kier molecular flexibility index (Phi) is 14.5. The maximum atomic E-state index is 13.1. The summed E-state index contributed by atoms with van der Waals surface area (Å²) in [6, 6.07) is -5.00. The first-order valence-electron chi connectivity index (χ1n) is 12.3. The number of carboxylic acid groups (broad SMARTS) is 1. The van der Waals surface area contributed by atoms with Crippen LogP contribution in [0.25, 0.3) is 0 Å². The van der Waals surface area contributed by atoms with Gasteiger partial charge in [-0.2, -0.15) is 0 Å². The van der Waals surface area contributed by atoms with Crippen molar-refractivity contribution < 1.29 is 29.1 Å². The van der Waals surface area contributed by atoms with Crippen molar-refractivity contribution in [3.8, 4) is 0 Å². The minimum absolute atomic E-state index is 0.0140. The highest BCUT2D eigenvalue weighted by molar-refractivity contribution is 5.96. The molecule has 0 aliphatic rings. The number of hydrogen-bond donors (Lipinski definition) is 10. The molecule has 1 aromatic rings.